The Balaban J connectivity index is 2.44. The Kier molecular flexibility index (Phi) is 1.89. The topological polar surface area (TPSA) is 49.4 Å². The van der Waals surface area contributed by atoms with Crippen LogP contribution in [-0.4, -0.2) is 32.8 Å². The number of nitrogens with zero attached hydrogens (tertiary/aromatic N) is 4. The molecule has 5 heteroatoms. The number of aliphatic imine (C=N–C) groups is 4. The van der Waals surface area contributed by atoms with E-state index < -0.39 is 0 Å². The van der Waals surface area contributed by atoms with Gasteiger partial charge in [0, 0.05) is 0 Å². The first-order valence-corrected chi connectivity index (χ1v) is 4.38. The number of hydrogen-bond donors (Lipinski definition) is 0. The first kappa shape index (κ1) is 6.84. The van der Waals surface area contributed by atoms with Crippen LogP contribution in [0.25, 0.3) is 0 Å². The second-order valence-corrected chi connectivity index (χ2v) is 3.35. The molecular weight excluding hydrogens is 236 g/mol. The van der Waals surface area contributed by atoms with E-state index in [4.69, 9.17) is 0 Å². The van der Waals surface area contributed by atoms with Gasteiger partial charge >= 0.3 is 71.6 Å². The van der Waals surface area contributed by atoms with E-state index in [1.54, 1.807) is 24.9 Å². The Morgan fingerprint density at radius 3 is 1.45 bits per heavy atom. The quantitative estimate of drug-likeness (QED) is 0.515. The molecule has 0 aliphatic carbocycles. The molecule has 59 valence electrons. The summed E-state index contributed by atoms with van der Waals surface area (Å²) >= 11 is 0.362. The van der Waals surface area contributed by atoms with E-state index in [1.165, 1.54) is 0 Å². The van der Waals surface area contributed by atoms with Crippen molar-refractivity contribution in [2.75, 3.05) is 0 Å². The van der Waals surface area contributed by atoms with E-state index in [0.29, 0.717) is 18.8 Å². The third-order valence-electron chi connectivity index (χ3n) is 0.953. The normalized spacial score (nSPS) is 19.6. The molecule has 2 aliphatic rings. The molecule has 0 saturated carbocycles. The van der Waals surface area contributed by atoms with Gasteiger partial charge in [0.2, 0.25) is 0 Å². The average molecular weight is 240 g/mol. The van der Waals surface area contributed by atoms with Crippen LogP contribution in [0, 0.1) is 0 Å². The Labute approximate surface area is 71.8 Å². The molecule has 0 atom stereocenters. The van der Waals surface area contributed by atoms with Crippen LogP contribution < -0.4 is 0 Å². The zero-order valence-electron chi connectivity index (χ0n) is 5.40. The van der Waals surface area contributed by atoms with Gasteiger partial charge in [0.25, 0.3) is 0 Å². The van der Waals surface area contributed by atoms with Crippen LogP contribution in [0.5, 0.6) is 0 Å². The van der Waals surface area contributed by atoms with Crippen molar-refractivity contribution in [2.45, 2.75) is 0 Å². The molecule has 2 aliphatic heterocycles. The van der Waals surface area contributed by atoms with Crippen molar-refractivity contribution in [1.82, 2.24) is 0 Å². The van der Waals surface area contributed by atoms with Crippen LogP contribution in [0.15, 0.2) is 20.0 Å². The second kappa shape index (κ2) is 3.04. The Morgan fingerprint density at radius 2 is 1.09 bits per heavy atom. The van der Waals surface area contributed by atoms with Crippen LogP contribution in [-0.2, 0) is 18.8 Å². The van der Waals surface area contributed by atoms with Gasteiger partial charge in [-0.05, 0) is 0 Å². The molecule has 0 saturated heterocycles. The van der Waals surface area contributed by atoms with Crippen molar-refractivity contribution < 1.29 is 18.8 Å². The molecule has 0 unspecified atom stereocenters. The van der Waals surface area contributed by atoms with Gasteiger partial charge in [-0.1, -0.05) is 0 Å². The molecule has 0 N–H and O–H groups in total. The molecule has 4 nitrogen and oxygen atoms in total. The van der Waals surface area contributed by atoms with Gasteiger partial charge in [0.15, 0.2) is 0 Å². The standard InChI is InChI=1S/2C3H2N2.Ag/c2*1-2-5-3-4-1;/h2*1-2H;. The fourth-order valence-electron chi connectivity index (χ4n) is 0.561. The first-order chi connectivity index (χ1) is 5.45. The van der Waals surface area contributed by atoms with Crippen molar-refractivity contribution in [3.8, 4) is 0 Å². The van der Waals surface area contributed by atoms with Gasteiger partial charge in [-0.3, -0.25) is 0 Å². The molecule has 0 spiro atoms. The molecule has 11 heavy (non-hydrogen) atoms. The molecular formula is C6H4AgN4. The van der Waals surface area contributed by atoms with Crippen molar-refractivity contribution in [2.24, 2.45) is 20.0 Å². The van der Waals surface area contributed by atoms with Gasteiger partial charge in [0.05, 0.1) is 0 Å². The monoisotopic (exact) mass is 239 g/mol. The summed E-state index contributed by atoms with van der Waals surface area (Å²) in [5.41, 5.74) is 0. The fraction of sp³-hybridized carbons (Fsp3) is 0. The summed E-state index contributed by atoms with van der Waals surface area (Å²) in [4.78, 5) is 16.1. The van der Waals surface area contributed by atoms with Gasteiger partial charge in [-0.25, -0.2) is 0 Å². The van der Waals surface area contributed by atoms with Crippen molar-refractivity contribution in [3.05, 3.63) is 0 Å². The predicted molar refractivity (Wildman–Crippen MR) is 44.0 cm³/mol. The van der Waals surface area contributed by atoms with E-state index >= 15 is 0 Å². The summed E-state index contributed by atoms with van der Waals surface area (Å²) in [6.07, 6.45) is 6.69. The summed E-state index contributed by atoms with van der Waals surface area (Å²) in [6.45, 7) is 0. The van der Waals surface area contributed by atoms with E-state index in [-0.39, 0.29) is 0 Å². The summed E-state index contributed by atoms with van der Waals surface area (Å²) in [5, 5.41) is 0. The van der Waals surface area contributed by atoms with E-state index in [1.807, 2.05) is 0 Å². The first-order valence-electron chi connectivity index (χ1n) is 2.90. The summed E-state index contributed by atoms with van der Waals surface area (Å²) in [5.74, 6) is 0. The zero-order chi connectivity index (χ0) is 7.52. The molecule has 0 aromatic carbocycles. The van der Waals surface area contributed by atoms with Crippen molar-refractivity contribution >= 4 is 32.8 Å². The van der Waals surface area contributed by atoms with Gasteiger partial charge < -0.3 is 0 Å². The van der Waals surface area contributed by atoms with Gasteiger partial charge in [0.1, 0.15) is 0 Å². The molecule has 0 bridgehead atoms. The van der Waals surface area contributed by atoms with Crippen LogP contribution in [0.3, 0.4) is 0 Å². The Hall–Kier alpha value is -0.840. The summed E-state index contributed by atoms with van der Waals surface area (Å²) < 4.78 is 1.61. The fourth-order valence-corrected chi connectivity index (χ4v) is 1.68. The maximum absolute atomic E-state index is 4.01. The molecule has 0 aromatic rings. The average Bonchev–Trinajstić information content (AvgIpc) is 2.60. The van der Waals surface area contributed by atoms with E-state index in [0.717, 1.165) is 7.94 Å². The minimum absolute atomic E-state index is 0.362. The molecule has 0 radical (unpaired) electrons. The summed E-state index contributed by atoms with van der Waals surface area (Å²) in [7, 11) is 0. The van der Waals surface area contributed by atoms with Crippen molar-refractivity contribution in [1.29, 1.82) is 0 Å². The molecule has 2 rings (SSSR count). The third kappa shape index (κ3) is 1.59. The summed E-state index contributed by atoms with van der Waals surface area (Å²) in [6, 6.07) is 0. The molecule has 0 fully saturated rings. The van der Waals surface area contributed by atoms with Crippen molar-refractivity contribution in [3.63, 3.8) is 0 Å². The Bertz CT molecular complexity index is 295. The predicted octanol–water partition coefficient (Wildman–Crippen LogP) is -0.446. The van der Waals surface area contributed by atoms with Gasteiger partial charge in [-0.15, -0.1) is 0 Å². The molecule has 0 aromatic heterocycles. The molecule has 2 heterocycles. The van der Waals surface area contributed by atoms with E-state index in [9.17, 15) is 0 Å². The number of hydrogen-bond acceptors (Lipinski definition) is 4. The van der Waals surface area contributed by atoms with Crippen LogP contribution in [0.4, 0.5) is 0 Å². The molecule has 0 amide bonds. The van der Waals surface area contributed by atoms with Gasteiger partial charge in [-0.2, -0.15) is 0 Å². The van der Waals surface area contributed by atoms with Crippen LogP contribution in [0.1, 0.15) is 0 Å². The third-order valence-corrected chi connectivity index (χ3v) is 2.38. The van der Waals surface area contributed by atoms with Crippen LogP contribution >= 0.6 is 0 Å². The minimum atomic E-state index is 0.362. The maximum atomic E-state index is 4.01. The Morgan fingerprint density at radius 1 is 0.727 bits per heavy atom. The zero-order valence-corrected chi connectivity index (χ0v) is 6.88. The second-order valence-electron chi connectivity index (χ2n) is 1.66. The van der Waals surface area contributed by atoms with E-state index in [2.05, 4.69) is 20.0 Å². The number of rotatable bonds is 0. The van der Waals surface area contributed by atoms with Crippen LogP contribution in [0.2, 0.25) is 0 Å². The SMILES string of the molecule is C1=N[C](=[Ag]=[C]2N=CC=N2)N=C1.